The highest BCUT2D eigenvalue weighted by atomic mass is 28.3. The van der Waals surface area contributed by atoms with Gasteiger partial charge in [-0.15, -0.1) is 0 Å². The van der Waals surface area contributed by atoms with Crippen LogP contribution in [0.1, 0.15) is 59.3 Å². The molecule has 0 aromatic heterocycles. The molecule has 0 bridgehead atoms. The van der Waals surface area contributed by atoms with Crippen molar-refractivity contribution in [2.45, 2.75) is 59.3 Å². The first-order chi connectivity index (χ1) is 7.85. The standard InChI is InChI=1S/C12H28O3Si/c1-4-7-9-11-14-16(13-6-3)15-12-10-8-5-2/h16H,4-12H2,1-3H3. The fourth-order valence-electron chi connectivity index (χ4n) is 1.34. The fourth-order valence-corrected chi connectivity index (χ4v) is 2.62. The third kappa shape index (κ3) is 10.6. The predicted octanol–water partition coefficient (Wildman–Crippen LogP) is 3.15. The Kier molecular flexibility index (Phi) is 13.2. The Morgan fingerprint density at radius 1 is 0.688 bits per heavy atom. The van der Waals surface area contributed by atoms with Gasteiger partial charge in [0.15, 0.2) is 0 Å². The second-order valence-corrected chi connectivity index (χ2v) is 5.48. The van der Waals surface area contributed by atoms with Gasteiger partial charge in [-0.05, 0) is 19.8 Å². The molecule has 0 unspecified atom stereocenters. The molecule has 98 valence electrons. The minimum atomic E-state index is -1.82. The Balaban J connectivity index is 3.45. The van der Waals surface area contributed by atoms with Gasteiger partial charge in [0.25, 0.3) is 0 Å². The van der Waals surface area contributed by atoms with Crippen LogP contribution in [0.3, 0.4) is 0 Å². The van der Waals surface area contributed by atoms with E-state index in [1.165, 1.54) is 25.7 Å². The van der Waals surface area contributed by atoms with Crippen molar-refractivity contribution in [1.82, 2.24) is 0 Å². The first kappa shape index (κ1) is 16.1. The minimum Gasteiger partial charge on any atom is -0.376 e. The first-order valence-corrected chi connectivity index (χ1v) is 8.11. The second kappa shape index (κ2) is 13.2. The van der Waals surface area contributed by atoms with Gasteiger partial charge in [0, 0.05) is 19.8 Å². The van der Waals surface area contributed by atoms with Gasteiger partial charge in [0.2, 0.25) is 0 Å². The van der Waals surface area contributed by atoms with Crippen LogP contribution in [-0.4, -0.2) is 29.3 Å². The molecule has 4 heteroatoms. The van der Waals surface area contributed by atoms with Gasteiger partial charge in [-0.3, -0.25) is 0 Å². The van der Waals surface area contributed by atoms with Crippen LogP contribution in [-0.2, 0) is 13.3 Å². The lowest BCUT2D eigenvalue weighted by Gasteiger charge is -2.15. The molecule has 0 N–H and O–H groups in total. The van der Waals surface area contributed by atoms with Crippen molar-refractivity contribution in [3.63, 3.8) is 0 Å². The van der Waals surface area contributed by atoms with Crippen molar-refractivity contribution < 1.29 is 13.3 Å². The Labute approximate surface area is 102 Å². The van der Waals surface area contributed by atoms with E-state index >= 15 is 0 Å². The molecule has 0 saturated heterocycles. The molecule has 0 aliphatic carbocycles. The maximum Gasteiger partial charge on any atom is 0.484 e. The van der Waals surface area contributed by atoms with E-state index in [2.05, 4.69) is 13.8 Å². The molecule has 0 radical (unpaired) electrons. The molecule has 0 fully saturated rings. The van der Waals surface area contributed by atoms with Crippen LogP contribution in [0.4, 0.5) is 0 Å². The molecule has 3 nitrogen and oxygen atoms in total. The van der Waals surface area contributed by atoms with Crippen molar-refractivity contribution in [2.75, 3.05) is 19.8 Å². The molecular weight excluding hydrogens is 220 g/mol. The third-order valence-electron chi connectivity index (χ3n) is 2.31. The number of hydrogen-bond acceptors (Lipinski definition) is 3. The van der Waals surface area contributed by atoms with Gasteiger partial charge >= 0.3 is 9.53 Å². The van der Waals surface area contributed by atoms with Gasteiger partial charge in [-0.1, -0.05) is 39.5 Å². The molecule has 0 saturated carbocycles. The highest BCUT2D eigenvalue weighted by Crippen LogP contribution is 2.01. The van der Waals surface area contributed by atoms with Crippen LogP contribution in [0, 0.1) is 0 Å². The summed E-state index contributed by atoms with van der Waals surface area (Å²) >= 11 is 0. The van der Waals surface area contributed by atoms with Crippen LogP contribution in [0.5, 0.6) is 0 Å². The van der Waals surface area contributed by atoms with Gasteiger partial charge in [0.05, 0.1) is 0 Å². The summed E-state index contributed by atoms with van der Waals surface area (Å²) < 4.78 is 16.8. The van der Waals surface area contributed by atoms with Crippen molar-refractivity contribution in [1.29, 1.82) is 0 Å². The van der Waals surface area contributed by atoms with Crippen LogP contribution >= 0.6 is 0 Å². The zero-order valence-electron chi connectivity index (χ0n) is 11.2. The van der Waals surface area contributed by atoms with E-state index in [0.29, 0.717) is 6.61 Å². The monoisotopic (exact) mass is 248 g/mol. The zero-order chi connectivity index (χ0) is 12.1. The Bertz CT molecular complexity index is 121. The minimum absolute atomic E-state index is 0.693. The Hall–Kier alpha value is 0.0969. The maximum atomic E-state index is 5.66. The molecule has 0 rings (SSSR count). The van der Waals surface area contributed by atoms with Crippen LogP contribution in [0.2, 0.25) is 0 Å². The SMILES string of the molecule is CCCCCO[SiH](OCC)OCCCCC. The van der Waals surface area contributed by atoms with Crippen LogP contribution in [0.15, 0.2) is 0 Å². The maximum absolute atomic E-state index is 5.66. The van der Waals surface area contributed by atoms with Crippen molar-refractivity contribution in [3.8, 4) is 0 Å². The van der Waals surface area contributed by atoms with Gasteiger partial charge in [0.1, 0.15) is 0 Å². The molecule has 0 amide bonds. The largest absolute Gasteiger partial charge is 0.484 e. The summed E-state index contributed by atoms with van der Waals surface area (Å²) in [6, 6.07) is 0. The van der Waals surface area contributed by atoms with Gasteiger partial charge < -0.3 is 13.3 Å². The molecule has 0 aliphatic rings. The molecule has 16 heavy (non-hydrogen) atoms. The van der Waals surface area contributed by atoms with Crippen LogP contribution in [0.25, 0.3) is 0 Å². The topological polar surface area (TPSA) is 27.7 Å². The summed E-state index contributed by atoms with van der Waals surface area (Å²) in [5.74, 6) is 0. The summed E-state index contributed by atoms with van der Waals surface area (Å²) in [4.78, 5) is 0. The molecule has 0 aromatic rings. The molecule has 0 aliphatic heterocycles. The zero-order valence-corrected chi connectivity index (χ0v) is 12.3. The lowest BCUT2D eigenvalue weighted by Crippen LogP contribution is -2.28. The fraction of sp³-hybridized carbons (Fsp3) is 1.00. The number of rotatable bonds is 12. The van der Waals surface area contributed by atoms with E-state index in [4.69, 9.17) is 13.3 Å². The van der Waals surface area contributed by atoms with E-state index in [0.717, 1.165) is 26.1 Å². The predicted molar refractivity (Wildman–Crippen MR) is 69.7 cm³/mol. The molecule has 0 spiro atoms. The summed E-state index contributed by atoms with van der Waals surface area (Å²) in [6.07, 6.45) is 7.13. The first-order valence-electron chi connectivity index (χ1n) is 6.69. The van der Waals surface area contributed by atoms with Crippen LogP contribution < -0.4 is 0 Å². The third-order valence-corrected chi connectivity index (χ3v) is 3.93. The average Bonchev–Trinajstić information content (AvgIpc) is 2.30. The summed E-state index contributed by atoms with van der Waals surface area (Å²) in [5.41, 5.74) is 0. The number of hydrogen-bond donors (Lipinski definition) is 0. The van der Waals surface area contributed by atoms with E-state index in [1.807, 2.05) is 6.92 Å². The van der Waals surface area contributed by atoms with Gasteiger partial charge in [-0.2, -0.15) is 0 Å². The van der Waals surface area contributed by atoms with E-state index in [-0.39, 0.29) is 0 Å². The summed E-state index contributed by atoms with van der Waals surface area (Å²) in [7, 11) is -1.82. The molecule has 0 aromatic carbocycles. The molecule has 0 atom stereocenters. The van der Waals surface area contributed by atoms with Crippen molar-refractivity contribution in [3.05, 3.63) is 0 Å². The number of unbranched alkanes of at least 4 members (excludes halogenated alkanes) is 4. The smallest absolute Gasteiger partial charge is 0.376 e. The Morgan fingerprint density at radius 2 is 1.19 bits per heavy atom. The Morgan fingerprint density at radius 3 is 1.56 bits per heavy atom. The highest BCUT2D eigenvalue weighted by molar-refractivity contribution is 6.36. The second-order valence-electron chi connectivity index (χ2n) is 3.90. The van der Waals surface area contributed by atoms with E-state index < -0.39 is 9.53 Å². The van der Waals surface area contributed by atoms with Crippen molar-refractivity contribution >= 4 is 9.53 Å². The molecular formula is C12H28O3Si. The lowest BCUT2D eigenvalue weighted by atomic mass is 10.3. The van der Waals surface area contributed by atoms with Crippen molar-refractivity contribution in [2.24, 2.45) is 0 Å². The van der Waals surface area contributed by atoms with E-state index in [9.17, 15) is 0 Å². The lowest BCUT2D eigenvalue weighted by molar-refractivity contribution is 0.0945. The van der Waals surface area contributed by atoms with E-state index in [1.54, 1.807) is 0 Å². The molecule has 0 heterocycles. The normalized spacial score (nSPS) is 11.2. The quantitative estimate of drug-likeness (QED) is 0.392. The highest BCUT2D eigenvalue weighted by Gasteiger charge is 2.13. The summed E-state index contributed by atoms with van der Waals surface area (Å²) in [5, 5.41) is 0. The average molecular weight is 248 g/mol. The van der Waals surface area contributed by atoms with Gasteiger partial charge in [-0.25, -0.2) is 0 Å². The summed E-state index contributed by atoms with van der Waals surface area (Å²) in [6.45, 7) is 8.65.